The van der Waals surface area contributed by atoms with Gasteiger partial charge in [-0.3, -0.25) is 9.69 Å². The summed E-state index contributed by atoms with van der Waals surface area (Å²) in [5, 5.41) is 25.8. The molecule has 3 heterocycles. The van der Waals surface area contributed by atoms with Gasteiger partial charge in [-0.15, -0.1) is 11.3 Å². The molecule has 0 saturated carbocycles. The minimum absolute atomic E-state index is 0.492. The van der Waals surface area contributed by atoms with E-state index in [4.69, 9.17) is 4.74 Å². The number of rotatable bonds is 7. The molecule has 3 N–H and O–H groups in total. The van der Waals surface area contributed by atoms with Crippen LogP contribution in [-0.4, -0.2) is 66.5 Å². The average molecular weight is 468 g/mol. The van der Waals surface area contributed by atoms with Gasteiger partial charge in [-0.1, -0.05) is 12.1 Å². The van der Waals surface area contributed by atoms with E-state index in [-0.39, 0.29) is 0 Å². The van der Waals surface area contributed by atoms with Crippen LogP contribution in [0, 0.1) is 0 Å². The summed E-state index contributed by atoms with van der Waals surface area (Å²) >= 11 is 1.80. The topological polar surface area (TPSA) is 85.3 Å². The molecule has 8 heteroatoms. The minimum Gasteiger partial charge on any atom is -0.494 e. The normalized spacial score (nSPS) is 21.2. The number of anilines is 2. The number of benzene rings is 2. The minimum atomic E-state index is -1.43. The summed E-state index contributed by atoms with van der Waals surface area (Å²) in [5.74, 6) is 0.0492. The molecule has 7 nitrogen and oxygen atoms in total. The first-order valence-electron chi connectivity index (χ1n) is 11.5. The highest BCUT2D eigenvalue weighted by molar-refractivity contribution is 7.17. The molecule has 2 aliphatic rings. The van der Waals surface area contributed by atoms with Crippen LogP contribution in [0.25, 0.3) is 10.1 Å². The van der Waals surface area contributed by atoms with Gasteiger partial charge in [0.05, 0.1) is 12.3 Å². The first-order valence-corrected chi connectivity index (χ1v) is 12.4. The van der Waals surface area contributed by atoms with E-state index >= 15 is 0 Å². The molecular weight excluding hydrogens is 438 g/mol. The lowest BCUT2D eigenvalue weighted by Crippen LogP contribution is -2.46. The summed E-state index contributed by atoms with van der Waals surface area (Å²) in [6, 6.07) is 14.0. The Morgan fingerprint density at radius 1 is 1.03 bits per heavy atom. The predicted octanol–water partition coefficient (Wildman–Crippen LogP) is 3.23. The summed E-state index contributed by atoms with van der Waals surface area (Å²) in [6.45, 7) is 5.89. The number of ether oxygens (including phenoxy) is 1. The summed E-state index contributed by atoms with van der Waals surface area (Å²) in [5.41, 5.74) is 2.35. The van der Waals surface area contributed by atoms with Crippen molar-refractivity contribution in [2.24, 2.45) is 0 Å². The van der Waals surface area contributed by atoms with Crippen LogP contribution in [0.4, 0.5) is 11.4 Å². The van der Waals surface area contributed by atoms with E-state index in [2.05, 4.69) is 44.8 Å². The zero-order chi connectivity index (χ0) is 22.8. The molecule has 0 bridgehead atoms. The fourth-order valence-electron chi connectivity index (χ4n) is 4.61. The summed E-state index contributed by atoms with van der Waals surface area (Å²) in [7, 11) is 0. The number of unbranched alkanes of at least 4 members (excludes halogenated alkanes) is 1. The monoisotopic (exact) mass is 467 g/mol. The van der Waals surface area contributed by atoms with Crippen LogP contribution < -0.4 is 15.0 Å². The Hall–Kier alpha value is -2.65. The number of nitrogens with one attached hydrogen (secondary N) is 1. The van der Waals surface area contributed by atoms with Crippen molar-refractivity contribution in [3.05, 3.63) is 53.4 Å². The lowest BCUT2D eigenvalue weighted by Gasteiger charge is -2.36. The Kier molecular flexibility index (Phi) is 6.50. The van der Waals surface area contributed by atoms with Gasteiger partial charge in [-0.25, -0.2) is 0 Å². The standard InChI is InChI=1S/C25H29N3O4S/c29-23-18-7-6-17(16-20(18)26-25(31)24(23)30)32-14-2-1-9-27-10-12-28(13-11-27)21-4-3-5-22-19(21)8-15-33-22/h3-8,15-16,23-24,29-30H,1-2,9-14H2,(H,26,31)/t23-,24+/m1/s1. The molecule has 1 amide bonds. The molecular formula is C25H29N3O4S. The van der Waals surface area contributed by atoms with Gasteiger partial charge in [0.2, 0.25) is 0 Å². The van der Waals surface area contributed by atoms with Crippen molar-refractivity contribution >= 4 is 38.7 Å². The first kappa shape index (κ1) is 22.2. The number of amides is 1. The number of fused-ring (bicyclic) bond motifs is 2. The molecule has 33 heavy (non-hydrogen) atoms. The molecule has 2 aliphatic heterocycles. The highest BCUT2D eigenvalue weighted by atomic mass is 32.1. The molecule has 2 aromatic carbocycles. The molecule has 0 unspecified atom stereocenters. The van der Waals surface area contributed by atoms with E-state index < -0.39 is 18.1 Å². The van der Waals surface area contributed by atoms with Gasteiger partial charge in [0.15, 0.2) is 6.10 Å². The third-order valence-corrected chi connectivity index (χ3v) is 7.37. The zero-order valence-corrected chi connectivity index (χ0v) is 19.3. The number of carbonyl (C=O) groups is 1. The highest BCUT2D eigenvalue weighted by Crippen LogP contribution is 2.34. The predicted molar refractivity (Wildman–Crippen MR) is 131 cm³/mol. The quantitative estimate of drug-likeness (QED) is 0.463. The molecule has 0 radical (unpaired) electrons. The third kappa shape index (κ3) is 4.70. The number of aliphatic hydroxyl groups is 2. The van der Waals surface area contributed by atoms with Crippen molar-refractivity contribution < 1.29 is 19.7 Å². The van der Waals surface area contributed by atoms with Crippen LogP contribution in [0.2, 0.25) is 0 Å². The molecule has 1 aromatic heterocycles. The van der Waals surface area contributed by atoms with Gasteiger partial charge in [0.25, 0.3) is 5.91 Å². The van der Waals surface area contributed by atoms with Crippen molar-refractivity contribution in [1.82, 2.24) is 4.90 Å². The SMILES string of the molecule is O=C1Nc2cc(OCCCCN3CCN(c4cccc5sccc45)CC3)ccc2[C@@H](O)[C@@H]1O. The Labute approximate surface area is 197 Å². The van der Waals surface area contributed by atoms with Crippen molar-refractivity contribution in [3.8, 4) is 5.75 Å². The fourth-order valence-corrected chi connectivity index (χ4v) is 5.41. The molecule has 5 rings (SSSR count). The lowest BCUT2D eigenvalue weighted by molar-refractivity contribution is -0.130. The van der Waals surface area contributed by atoms with Crippen LogP contribution >= 0.6 is 11.3 Å². The number of aliphatic hydroxyl groups excluding tert-OH is 2. The average Bonchev–Trinajstić information content (AvgIpc) is 3.32. The van der Waals surface area contributed by atoms with E-state index in [9.17, 15) is 15.0 Å². The molecule has 2 atom stereocenters. The van der Waals surface area contributed by atoms with Gasteiger partial charge in [0, 0.05) is 53.6 Å². The van der Waals surface area contributed by atoms with Gasteiger partial charge >= 0.3 is 0 Å². The molecule has 1 saturated heterocycles. The number of hydrogen-bond acceptors (Lipinski definition) is 7. The largest absolute Gasteiger partial charge is 0.494 e. The molecule has 174 valence electrons. The van der Waals surface area contributed by atoms with Crippen LogP contribution in [-0.2, 0) is 4.79 Å². The van der Waals surface area contributed by atoms with E-state index in [1.807, 2.05) is 0 Å². The second kappa shape index (κ2) is 9.69. The van der Waals surface area contributed by atoms with Crippen LogP contribution in [0.3, 0.4) is 0 Å². The summed E-state index contributed by atoms with van der Waals surface area (Å²) in [6.07, 6.45) is -0.636. The highest BCUT2D eigenvalue weighted by Gasteiger charge is 2.33. The van der Waals surface area contributed by atoms with Gasteiger partial charge in [-0.05, 0) is 49.0 Å². The maximum atomic E-state index is 11.7. The summed E-state index contributed by atoms with van der Waals surface area (Å²) < 4.78 is 7.20. The van der Waals surface area contributed by atoms with Crippen molar-refractivity contribution in [3.63, 3.8) is 0 Å². The summed E-state index contributed by atoms with van der Waals surface area (Å²) in [4.78, 5) is 16.7. The Morgan fingerprint density at radius 3 is 2.73 bits per heavy atom. The Balaban J connectivity index is 1.04. The Bertz CT molecular complexity index is 1130. The number of hydrogen-bond donors (Lipinski definition) is 3. The van der Waals surface area contributed by atoms with E-state index in [0.29, 0.717) is 23.6 Å². The fraction of sp³-hybridized carbons (Fsp3) is 0.400. The smallest absolute Gasteiger partial charge is 0.256 e. The molecule has 0 aliphatic carbocycles. The molecule has 0 spiro atoms. The third-order valence-electron chi connectivity index (χ3n) is 6.49. The van der Waals surface area contributed by atoms with Crippen molar-refractivity contribution in [2.75, 3.05) is 49.5 Å². The number of nitrogens with zero attached hydrogens (tertiary/aromatic N) is 2. The van der Waals surface area contributed by atoms with E-state index in [1.54, 1.807) is 29.5 Å². The molecule has 3 aromatic rings. The van der Waals surface area contributed by atoms with Crippen LogP contribution in [0.1, 0.15) is 24.5 Å². The number of carbonyl (C=O) groups excluding carboxylic acids is 1. The van der Waals surface area contributed by atoms with Crippen molar-refractivity contribution in [1.29, 1.82) is 0 Å². The van der Waals surface area contributed by atoms with Crippen LogP contribution in [0.5, 0.6) is 5.75 Å². The number of piperazine rings is 1. The van der Waals surface area contributed by atoms with E-state index in [1.165, 1.54) is 15.8 Å². The van der Waals surface area contributed by atoms with Crippen molar-refractivity contribution in [2.45, 2.75) is 25.0 Å². The van der Waals surface area contributed by atoms with Crippen LogP contribution in [0.15, 0.2) is 47.8 Å². The van der Waals surface area contributed by atoms with Gasteiger partial charge < -0.3 is 25.2 Å². The zero-order valence-electron chi connectivity index (χ0n) is 18.4. The number of thiophene rings is 1. The maximum Gasteiger partial charge on any atom is 0.256 e. The lowest BCUT2D eigenvalue weighted by atomic mass is 9.97. The maximum absolute atomic E-state index is 11.7. The second-order valence-corrected chi connectivity index (χ2v) is 9.57. The van der Waals surface area contributed by atoms with E-state index in [0.717, 1.165) is 45.6 Å². The van der Waals surface area contributed by atoms with Gasteiger partial charge in [0.1, 0.15) is 11.9 Å². The first-order chi connectivity index (χ1) is 16.1. The second-order valence-electron chi connectivity index (χ2n) is 8.62. The van der Waals surface area contributed by atoms with Gasteiger partial charge in [-0.2, -0.15) is 0 Å². The Morgan fingerprint density at radius 2 is 1.88 bits per heavy atom. The molecule has 1 fully saturated rings.